The predicted molar refractivity (Wildman–Crippen MR) is 93.2 cm³/mol. The van der Waals surface area contributed by atoms with Gasteiger partial charge in [0.05, 0.1) is 5.92 Å². The molecule has 0 aliphatic carbocycles. The molecule has 6 nitrogen and oxygen atoms in total. The molecule has 1 amide bonds. The summed E-state index contributed by atoms with van der Waals surface area (Å²) >= 11 is 0. The Labute approximate surface area is 148 Å². The van der Waals surface area contributed by atoms with E-state index in [2.05, 4.69) is 17.1 Å². The van der Waals surface area contributed by atoms with E-state index in [1.54, 1.807) is 0 Å². The summed E-state index contributed by atoms with van der Waals surface area (Å²) in [5.74, 6) is 2.21. The summed E-state index contributed by atoms with van der Waals surface area (Å²) in [4.78, 5) is 14.2. The molecular formula is C19H25N3O3. The van der Waals surface area contributed by atoms with Crippen LogP contribution in [-0.2, 0) is 11.4 Å². The molecule has 0 bridgehead atoms. The van der Waals surface area contributed by atoms with Gasteiger partial charge in [0.2, 0.25) is 11.8 Å². The summed E-state index contributed by atoms with van der Waals surface area (Å²) in [7, 11) is 0. The maximum Gasteiger partial charge on any atom is 0.253 e. The van der Waals surface area contributed by atoms with Crippen molar-refractivity contribution in [1.82, 2.24) is 15.1 Å². The third-order valence-electron chi connectivity index (χ3n) is 4.46. The number of carbonyl (C=O) groups excluding carboxylic acids is 1. The monoisotopic (exact) mass is 343 g/mol. The number of piperidine rings is 1. The lowest BCUT2D eigenvalue weighted by Gasteiger charge is -2.31. The van der Waals surface area contributed by atoms with Gasteiger partial charge in [0.25, 0.3) is 5.89 Å². The van der Waals surface area contributed by atoms with Crippen molar-refractivity contribution in [2.75, 3.05) is 13.1 Å². The fourth-order valence-corrected chi connectivity index (χ4v) is 3.04. The first-order valence-corrected chi connectivity index (χ1v) is 9.04. The molecule has 1 aliphatic heterocycles. The number of likely N-dealkylation sites (tertiary alicyclic amines) is 1. The van der Waals surface area contributed by atoms with E-state index in [1.165, 1.54) is 0 Å². The number of rotatable bonds is 7. The lowest BCUT2D eigenvalue weighted by atomic mass is 9.97. The fourth-order valence-electron chi connectivity index (χ4n) is 3.04. The Bertz CT molecular complexity index is 672. The van der Waals surface area contributed by atoms with Crippen molar-refractivity contribution in [2.24, 2.45) is 0 Å². The summed E-state index contributed by atoms with van der Waals surface area (Å²) in [5.41, 5.74) is 0. The number of para-hydroxylation sites is 1. The van der Waals surface area contributed by atoms with Crippen molar-refractivity contribution in [3.8, 4) is 5.75 Å². The van der Waals surface area contributed by atoms with Crippen LogP contribution in [0.5, 0.6) is 5.75 Å². The average Bonchev–Trinajstić information content (AvgIpc) is 3.14. The highest BCUT2D eigenvalue weighted by Gasteiger charge is 2.28. The van der Waals surface area contributed by atoms with Gasteiger partial charge in [-0.3, -0.25) is 4.79 Å². The van der Waals surface area contributed by atoms with Crippen LogP contribution in [-0.4, -0.2) is 34.1 Å². The number of hydrogen-bond donors (Lipinski definition) is 0. The zero-order valence-corrected chi connectivity index (χ0v) is 14.7. The van der Waals surface area contributed by atoms with Crippen LogP contribution >= 0.6 is 0 Å². The van der Waals surface area contributed by atoms with Gasteiger partial charge in [0.15, 0.2) is 6.61 Å². The zero-order valence-electron chi connectivity index (χ0n) is 14.7. The van der Waals surface area contributed by atoms with Crippen molar-refractivity contribution in [3.63, 3.8) is 0 Å². The second-order valence-electron chi connectivity index (χ2n) is 6.42. The Morgan fingerprint density at radius 2 is 2.16 bits per heavy atom. The van der Waals surface area contributed by atoms with E-state index < -0.39 is 0 Å². The van der Waals surface area contributed by atoms with Crippen molar-refractivity contribution in [1.29, 1.82) is 0 Å². The third-order valence-corrected chi connectivity index (χ3v) is 4.46. The number of unbranched alkanes of at least 4 members (excludes halogenated alkanes) is 1. The summed E-state index contributed by atoms with van der Waals surface area (Å²) in [6, 6.07) is 9.55. The highest BCUT2D eigenvalue weighted by molar-refractivity contribution is 5.76. The van der Waals surface area contributed by atoms with E-state index in [4.69, 9.17) is 9.15 Å². The van der Waals surface area contributed by atoms with Gasteiger partial charge < -0.3 is 14.1 Å². The van der Waals surface area contributed by atoms with E-state index in [9.17, 15) is 4.79 Å². The van der Waals surface area contributed by atoms with Gasteiger partial charge in [-0.2, -0.15) is 0 Å². The van der Waals surface area contributed by atoms with Crippen LogP contribution in [0.1, 0.15) is 56.7 Å². The van der Waals surface area contributed by atoms with Crippen molar-refractivity contribution < 1.29 is 13.9 Å². The Hall–Kier alpha value is -2.37. The van der Waals surface area contributed by atoms with Crippen molar-refractivity contribution in [2.45, 2.75) is 51.6 Å². The zero-order chi connectivity index (χ0) is 17.5. The van der Waals surface area contributed by atoms with E-state index in [0.29, 0.717) is 24.7 Å². The second kappa shape index (κ2) is 8.65. The van der Waals surface area contributed by atoms with Crippen molar-refractivity contribution in [3.05, 3.63) is 42.1 Å². The molecule has 0 spiro atoms. The van der Waals surface area contributed by atoms with Crippen LogP contribution in [0, 0.1) is 0 Å². The van der Waals surface area contributed by atoms with Gasteiger partial charge in [-0.1, -0.05) is 31.5 Å². The highest BCUT2D eigenvalue weighted by Crippen LogP contribution is 2.26. The van der Waals surface area contributed by atoms with Gasteiger partial charge in [-0.15, -0.1) is 10.2 Å². The van der Waals surface area contributed by atoms with E-state index >= 15 is 0 Å². The molecule has 1 saturated heterocycles. The quantitative estimate of drug-likeness (QED) is 0.769. The Kier molecular flexibility index (Phi) is 6.04. The minimum absolute atomic E-state index is 0.123. The molecule has 1 aliphatic rings. The minimum Gasteiger partial charge on any atom is -0.484 e. The normalized spacial score (nSPS) is 17.5. The molecule has 1 aromatic heterocycles. The third kappa shape index (κ3) is 4.81. The molecule has 1 atom stereocenters. The molecule has 6 heteroatoms. The molecule has 1 fully saturated rings. The molecular weight excluding hydrogens is 318 g/mol. The van der Waals surface area contributed by atoms with Crippen LogP contribution in [0.25, 0.3) is 0 Å². The number of ether oxygens (including phenoxy) is 1. The molecule has 1 unspecified atom stereocenters. The molecule has 3 rings (SSSR count). The Balaban J connectivity index is 1.55. The number of benzene rings is 1. The lowest BCUT2D eigenvalue weighted by molar-refractivity contribution is -0.132. The first kappa shape index (κ1) is 17.5. The number of hydrogen-bond acceptors (Lipinski definition) is 5. The first-order valence-electron chi connectivity index (χ1n) is 9.04. The van der Waals surface area contributed by atoms with Gasteiger partial charge in [-0.25, -0.2) is 0 Å². The van der Waals surface area contributed by atoms with Crippen LogP contribution in [0.2, 0.25) is 0 Å². The maximum atomic E-state index is 12.2. The highest BCUT2D eigenvalue weighted by atomic mass is 16.5. The molecule has 134 valence electrons. The molecule has 0 saturated carbocycles. The van der Waals surface area contributed by atoms with Gasteiger partial charge >= 0.3 is 0 Å². The summed E-state index contributed by atoms with van der Waals surface area (Å²) in [5, 5.41) is 8.25. The average molecular weight is 343 g/mol. The smallest absolute Gasteiger partial charge is 0.253 e. The van der Waals surface area contributed by atoms with Gasteiger partial charge in [-0.05, 0) is 31.4 Å². The Morgan fingerprint density at radius 1 is 1.32 bits per heavy atom. The topological polar surface area (TPSA) is 68.5 Å². The van der Waals surface area contributed by atoms with Gasteiger partial charge in [0, 0.05) is 19.5 Å². The molecule has 2 heterocycles. The van der Waals surface area contributed by atoms with Crippen molar-refractivity contribution >= 4 is 5.91 Å². The SMILES string of the molecule is CCCCC(=O)N1CCCC(c2nnc(COc3ccccc3)o2)C1. The number of carbonyl (C=O) groups is 1. The summed E-state index contributed by atoms with van der Waals surface area (Å²) in [6.45, 7) is 3.85. The summed E-state index contributed by atoms with van der Waals surface area (Å²) in [6.07, 6.45) is 4.56. The van der Waals surface area contributed by atoms with Crippen LogP contribution in [0.15, 0.2) is 34.7 Å². The molecule has 0 N–H and O–H groups in total. The molecule has 25 heavy (non-hydrogen) atoms. The van der Waals surface area contributed by atoms with Crippen LogP contribution in [0.4, 0.5) is 0 Å². The molecule has 1 aromatic carbocycles. The molecule has 2 aromatic rings. The standard InChI is InChI=1S/C19H25N3O3/c1-2-3-11-18(23)22-12-7-8-15(13-22)19-21-20-17(25-19)14-24-16-9-5-4-6-10-16/h4-6,9-10,15H,2-3,7-8,11-14H2,1H3. The van der Waals surface area contributed by atoms with E-state index in [1.807, 2.05) is 35.2 Å². The largest absolute Gasteiger partial charge is 0.484 e. The summed E-state index contributed by atoms with van der Waals surface area (Å²) < 4.78 is 11.4. The molecule has 0 radical (unpaired) electrons. The number of amides is 1. The minimum atomic E-state index is 0.123. The predicted octanol–water partition coefficient (Wildman–Crippen LogP) is 3.54. The van der Waals surface area contributed by atoms with Crippen LogP contribution < -0.4 is 4.74 Å². The van der Waals surface area contributed by atoms with Crippen LogP contribution in [0.3, 0.4) is 0 Å². The van der Waals surface area contributed by atoms with Gasteiger partial charge in [0.1, 0.15) is 5.75 Å². The maximum absolute atomic E-state index is 12.2. The number of aromatic nitrogens is 2. The lowest BCUT2D eigenvalue weighted by Crippen LogP contribution is -2.39. The van der Waals surface area contributed by atoms with E-state index in [-0.39, 0.29) is 18.4 Å². The second-order valence-corrected chi connectivity index (χ2v) is 6.42. The fraction of sp³-hybridized carbons (Fsp3) is 0.526. The first-order chi connectivity index (χ1) is 12.3. The van der Waals surface area contributed by atoms with E-state index in [0.717, 1.165) is 38.0 Å². The number of nitrogens with zero attached hydrogens (tertiary/aromatic N) is 3. The Morgan fingerprint density at radius 3 is 2.96 bits per heavy atom.